The molecule has 0 unspecified atom stereocenters. The number of amides is 1. The van der Waals surface area contributed by atoms with Crippen LogP contribution in [0.15, 0.2) is 22.7 Å². The smallest absolute Gasteiger partial charge is 0.258 e. The topological polar surface area (TPSA) is 54.9 Å². The van der Waals surface area contributed by atoms with Crippen LogP contribution in [0.1, 0.15) is 48.0 Å². The minimum atomic E-state index is -0.460. The Labute approximate surface area is 134 Å². The van der Waals surface area contributed by atoms with Gasteiger partial charge in [-0.15, -0.1) is 10.2 Å². The normalized spacial score (nSPS) is 10.9. The van der Waals surface area contributed by atoms with Crippen LogP contribution in [0, 0.1) is 5.82 Å². The summed E-state index contributed by atoms with van der Waals surface area (Å²) < 4.78 is 13.8. The first-order valence-corrected chi connectivity index (χ1v) is 8.25. The predicted molar refractivity (Wildman–Crippen MR) is 85.3 cm³/mol. The molecular formula is C14H15BrFN3OS. The summed E-state index contributed by atoms with van der Waals surface area (Å²) in [5.41, 5.74) is 0.231. The van der Waals surface area contributed by atoms with E-state index < -0.39 is 11.7 Å². The van der Waals surface area contributed by atoms with Crippen LogP contribution in [0.5, 0.6) is 0 Å². The Balaban J connectivity index is 2.15. The number of nitrogens with zero attached hydrogens (tertiary/aromatic N) is 2. The zero-order valence-corrected chi connectivity index (χ0v) is 14.1. The molecule has 1 aromatic heterocycles. The maximum absolute atomic E-state index is 13.2. The number of aromatic nitrogens is 2. The second-order valence-corrected chi connectivity index (χ2v) is 6.40. The van der Waals surface area contributed by atoms with E-state index in [4.69, 9.17) is 0 Å². The molecule has 1 amide bonds. The summed E-state index contributed by atoms with van der Waals surface area (Å²) in [7, 11) is 0. The minimum absolute atomic E-state index is 0.231. The van der Waals surface area contributed by atoms with Crippen molar-refractivity contribution in [2.45, 2.75) is 32.6 Å². The Morgan fingerprint density at radius 1 is 1.38 bits per heavy atom. The van der Waals surface area contributed by atoms with Crippen molar-refractivity contribution in [2.24, 2.45) is 0 Å². The molecule has 2 rings (SSSR count). The molecule has 7 heteroatoms. The lowest BCUT2D eigenvalue weighted by molar-refractivity contribution is 0.102. The molecule has 0 aliphatic rings. The highest BCUT2D eigenvalue weighted by Crippen LogP contribution is 2.28. The summed E-state index contributed by atoms with van der Waals surface area (Å²) in [4.78, 5) is 12.1. The fourth-order valence-corrected chi connectivity index (χ4v) is 3.36. The van der Waals surface area contributed by atoms with E-state index in [-0.39, 0.29) is 5.56 Å². The largest absolute Gasteiger partial charge is 0.296 e. The van der Waals surface area contributed by atoms with E-state index in [1.54, 1.807) is 0 Å². The van der Waals surface area contributed by atoms with Gasteiger partial charge in [-0.3, -0.25) is 10.1 Å². The maximum atomic E-state index is 13.2. The van der Waals surface area contributed by atoms with Crippen LogP contribution in [0.2, 0.25) is 0 Å². The highest BCUT2D eigenvalue weighted by molar-refractivity contribution is 9.10. The average Bonchev–Trinajstić information content (AvgIpc) is 2.91. The van der Waals surface area contributed by atoms with Gasteiger partial charge in [-0.25, -0.2) is 4.39 Å². The maximum Gasteiger partial charge on any atom is 0.258 e. The number of halogens is 2. The molecule has 0 saturated carbocycles. The molecular weight excluding hydrogens is 357 g/mol. The van der Waals surface area contributed by atoms with Gasteiger partial charge in [0.25, 0.3) is 5.91 Å². The fraction of sp³-hybridized carbons (Fsp3) is 0.357. The molecule has 0 spiro atoms. The highest BCUT2D eigenvalue weighted by Gasteiger charge is 2.16. The minimum Gasteiger partial charge on any atom is -0.296 e. The zero-order valence-electron chi connectivity index (χ0n) is 11.7. The van der Waals surface area contributed by atoms with Crippen LogP contribution >= 0.6 is 27.3 Å². The van der Waals surface area contributed by atoms with Gasteiger partial charge in [0.05, 0.1) is 5.56 Å². The van der Waals surface area contributed by atoms with Gasteiger partial charge in [0, 0.05) is 10.4 Å². The second-order valence-electron chi connectivity index (χ2n) is 4.54. The standard InChI is InChI=1S/C14H15BrFN3OS/c1-3-8(4-2)13-18-19-14(21-13)17-12(20)10-7-9(16)5-6-11(10)15/h5-8H,3-4H2,1-2H3,(H,17,19,20). The lowest BCUT2D eigenvalue weighted by Gasteiger charge is -2.06. The van der Waals surface area contributed by atoms with Crippen molar-refractivity contribution in [3.63, 3.8) is 0 Å². The van der Waals surface area contributed by atoms with Crippen molar-refractivity contribution >= 4 is 38.3 Å². The molecule has 0 fully saturated rings. The molecule has 0 saturated heterocycles. The summed E-state index contributed by atoms with van der Waals surface area (Å²) in [5, 5.41) is 12.1. The van der Waals surface area contributed by atoms with Crippen LogP contribution in [-0.2, 0) is 0 Å². The number of carbonyl (C=O) groups is 1. The van der Waals surface area contributed by atoms with Gasteiger partial charge in [-0.05, 0) is 47.0 Å². The first kappa shape index (κ1) is 16.0. The lowest BCUT2D eigenvalue weighted by Crippen LogP contribution is -2.12. The average molecular weight is 372 g/mol. The summed E-state index contributed by atoms with van der Waals surface area (Å²) in [5.74, 6) is -0.513. The Kier molecular flexibility index (Phi) is 5.41. The van der Waals surface area contributed by atoms with Crippen LogP contribution in [0.25, 0.3) is 0 Å². The van der Waals surface area contributed by atoms with Crippen molar-refractivity contribution in [3.8, 4) is 0 Å². The molecule has 0 aliphatic heterocycles. The molecule has 1 N–H and O–H groups in total. The van der Waals surface area contributed by atoms with E-state index in [2.05, 4.69) is 45.3 Å². The SMILES string of the molecule is CCC(CC)c1nnc(NC(=O)c2cc(F)ccc2Br)s1. The Hall–Kier alpha value is -1.34. The Morgan fingerprint density at radius 2 is 2.10 bits per heavy atom. The van der Waals surface area contributed by atoms with Crippen molar-refractivity contribution in [1.82, 2.24) is 10.2 Å². The van der Waals surface area contributed by atoms with Gasteiger partial charge in [-0.2, -0.15) is 0 Å². The monoisotopic (exact) mass is 371 g/mol. The summed E-state index contributed by atoms with van der Waals surface area (Å²) in [6, 6.07) is 3.97. The van der Waals surface area contributed by atoms with Crippen molar-refractivity contribution < 1.29 is 9.18 Å². The molecule has 0 bridgehead atoms. The number of nitrogens with one attached hydrogen (secondary N) is 1. The van der Waals surface area contributed by atoms with Crippen molar-refractivity contribution in [2.75, 3.05) is 5.32 Å². The number of carbonyl (C=O) groups excluding carboxylic acids is 1. The first-order valence-electron chi connectivity index (χ1n) is 6.64. The third-order valence-corrected chi connectivity index (χ3v) is 4.86. The molecule has 112 valence electrons. The number of anilines is 1. The van der Waals surface area contributed by atoms with E-state index in [0.717, 1.165) is 17.8 Å². The van der Waals surface area contributed by atoms with Gasteiger partial charge in [0.1, 0.15) is 10.8 Å². The van der Waals surface area contributed by atoms with E-state index >= 15 is 0 Å². The van der Waals surface area contributed by atoms with Crippen LogP contribution in [0.3, 0.4) is 0 Å². The molecule has 0 radical (unpaired) electrons. The van der Waals surface area contributed by atoms with Crippen LogP contribution < -0.4 is 5.32 Å². The number of rotatable bonds is 5. The van der Waals surface area contributed by atoms with Crippen LogP contribution in [0.4, 0.5) is 9.52 Å². The molecule has 2 aromatic rings. The fourth-order valence-electron chi connectivity index (χ4n) is 1.92. The lowest BCUT2D eigenvalue weighted by atomic mass is 10.1. The third kappa shape index (κ3) is 3.85. The van der Waals surface area contributed by atoms with Gasteiger partial charge in [0.15, 0.2) is 0 Å². The van der Waals surface area contributed by atoms with E-state index in [9.17, 15) is 9.18 Å². The number of hydrogen-bond donors (Lipinski definition) is 1. The predicted octanol–water partition coefficient (Wildman–Crippen LogP) is 4.60. The van der Waals surface area contributed by atoms with Crippen molar-refractivity contribution in [1.29, 1.82) is 0 Å². The molecule has 1 aromatic carbocycles. The summed E-state index contributed by atoms with van der Waals surface area (Å²) in [6.45, 7) is 4.19. The van der Waals surface area contributed by atoms with E-state index in [1.165, 1.54) is 29.5 Å². The zero-order chi connectivity index (χ0) is 15.4. The Morgan fingerprint density at radius 3 is 2.76 bits per heavy atom. The molecule has 4 nitrogen and oxygen atoms in total. The summed E-state index contributed by atoms with van der Waals surface area (Å²) in [6.07, 6.45) is 1.96. The molecule has 1 heterocycles. The van der Waals surface area contributed by atoms with Gasteiger partial charge >= 0.3 is 0 Å². The highest BCUT2D eigenvalue weighted by atomic mass is 79.9. The third-order valence-electron chi connectivity index (χ3n) is 3.17. The van der Waals surface area contributed by atoms with Gasteiger partial charge in [-0.1, -0.05) is 25.2 Å². The first-order chi connectivity index (χ1) is 10.0. The van der Waals surface area contributed by atoms with E-state index in [0.29, 0.717) is 15.5 Å². The molecule has 0 atom stereocenters. The summed E-state index contributed by atoms with van der Waals surface area (Å²) >= 11 is 4.60. The van der Waals surface area contributed by atoms with Gasteiger partial charge in [0.2, 0.25) is 5.13 Å². The molecule has 0 aliphatic carbocycles. The Bertz CT molecular complexity index is 643. The quantitative estimate of drug-likeness (QED) is 0.835. The number of hydrogen-bond acceptors (Lipinski definition) is 4. The molecule has 21 heavy (non-hydrogen) atoms. The number of benzene rings is 1. The van der Waals surface area contributed by atoms with Gasteiger partial charge < -0.3 is 0 Å². The van der Waals surface area contributed by atoms with Crippen LogP contribution in [-0.4, -0.2) is 16.1 Å². The van der Waals surface area contributed by atoms with Crippen molar-refractivity contribution in [3.05, 3.63) is 39.1 Å². The second kappa shape index (κ2) is 7.09. The van der Waals surface area contributed by atoms with E-state index in [1.807, 2.05) is 0 Å².